The fourth-order valence-electron chi connectivity index (χ4n) is 4.92. The van der Waals surface area contributed by atoms with Crippen LogP contribution >= 0.6 is 0 Å². The molecule has 0 fully saturated rings. The zero-order valence-electron chi connectivity index (χ0n) is 24.4. The van der Waals surface area contributed by atoms with E-state index in [2.05, 4.69) is 4.74 Å². The first-order valence-electron chi connectivity index (χ1n) is 13.7. The maximum atomic E-state index is 12.7. The van der Waals surface area contributed by atoms with Crippen molar-refractivity contribution in [2.75, 3.05) is 0 Å². The second-order valence-electron chi connectivity index (χ2n) is 10.9. The predicted molar refractivity (Wildman–Crippen MR) is 159 cm³/mol. The van der Waals surface area contributed by atoms with Gasteiger partial charge in [0.15, 0.2) is 5.78 Å². The molecule has 1 N–H and O–H groups in total. The van der Waals surface area contributed by atoms with Gasteiger partial charge in [-0.1, -0.05) is 44.2 Å². The minimum atomic E-state index is -1.27. The average molecular weight is 607 g/mol. The van der Waals surface area contributed by atoms with E-state index >= 15 is 0 Å². The van der Waals surface area contributed by atoms with Crippen LogP contribution in [-0.2, 0) is 21.4 Å². The molecule has 1 heterocycles. The molecule has 0 saturated carbocycles. The molecule has 0 bridgehead atoms. The third kappa shape index (κ3) is 6.40. The van der Waals surface area contributed by atoms with Crippen molar-refractivity contribution in [1.29, 1.82) is 0 Å². The van der Waals surface area contributed by atoms with Gasteiger partial charge in [0.1, 0.15) is 11.5 Å². The number of cyclic esters (lactones) is 2. The van der Waals surface area contributed by atoms with Gasteiger partial charge in [-0.05, 0) is 78.2 Å². The first-order valence-corrected chi connectivity index (χ1v) is 13.7. The molecule has 226 valence electrons. The summed E-state index contributed by atoms with van der Waals surface area (Å²) in [7, 11) is 0. The van der Waals surface area contributed by atoms with Crippen LogP contribution in [0.1, 0.15) is 89.3 Å². The van der Waals surface area contributed by atoms with Crippen molar-refractivity contribution in [3.63, 3.8) is 0 Å². The lowest BCUT2D eigenvalue weighted by Crippen LogP contribution is -2.23. The molecule has 4 aromatic rings. The molecule has 0 amide bonds. The van der Waals surface area contributed by atoms with Crippen LogP contribution in [0.3, 0.4) is 0 Å². The number of benzene rings is 4. The Balaban J connectivity index is 1.25. The van der Waals surface area contributed by atoms with Gasteiger partial charge in [0.2, 0.25) is 0 Å². The number of ketones is 1. The summed E-state index contributed by atoms with van der Waals surface area (Å²) in [4.78, 5) is 72.2. The Kier molecular flexibility index (Phi) is 8.15. The van der Waals surface area contributed by atoms with Gasteiger partial charge >= 0.3 is 29.8 Å². The normalized spacial score (nSPS) is 12.5. The van der Waals surface area contributed by atoms with Crippen molar-refractivity contribution in [3.05, 3.63) is 129 Å². The van der Waals surface area contributed by atoms with Crippen LogP contribution in [0.25, 0.3) is 0 Å². The summed E-state index contributed by atoms with van der Waals surface area (Å²) in [5, 5.41) is 9.28. The number of ether oxygens (including phenoxy) is 3. The molecule has 1 aliphatic heterocycles. The highest BCUT2D eigenvalue weighted by atomic mass is 16.6. The van der Waals surface area contributed by atoms with Crippen molar-refractivity contribution < 1.29 is 48.1 Å². The molecule has 5 rings (SSSR count). The minimum absolute atomic E-state index is 0.0426. The number of carbonyl (C=O) groups excluding carboxylic acids is 5. The summed E-state index contributed by atoms with van der Waals surface area (Å²) < 4.78 is 15.6. The van der Waals surface area contributed by atoms with Crippen molar-refractivity contribution >= 4 is 35.6 Å². The van der Waals surface area contributed by atoms with Gasteiger partial charge in [-0.3, -0.25) is 9.59 Å². The molecule has 0 unspecified atom stereocenters. The maximum Gasteiger partial charge on any atom is 0.346 e. The topological polar surface area (TPSA) is 150 Å². The Morgan fingerprint density at radius 3 is 1.73 bits per heavy atom. The number of carboxylic acids is 1. The number of esters is 4. The molecular weight excluding hydrogens is 580 g/mol. The SMILES string of the molecule is CC(=O)c1cc(C(=O)Oc2ccc(C(C)(C)c3ccc(OC(=O)c4ccc5c(c4)C(=O)OC(=O)C5)cc3)cc2)ccc1C(=O)O. The fourth-order valence-corrected chi connectivity index (χ4v) is 4.92. The summed E-state index contributed by atoms with van der Waals surface area (Å²) in [6, 6.07) is 21.9. The summed E-state index contributed by atoms with van der Waals surface area (Å²) in [5.74, 6) is -4.05. The summed E-state index contributed by atoms with van der Waals surface area (Å²) in [6.45, 7) is 5.22. The third-order valence-corrected chi connectivity index (χ3v) is 7.54. The zero-order valence-corrected chi connectivity index (χ0v) is 24.4. The van der Waals surface area contributed by atoms with Crippen molar-refractivity contribution in [2.45, 2.75) is 32.6 Å². The molecule has 0 aliphatic carbocycles. The fraction of sp³-hybridized carbons (Fsp3) is 0.143. The van der Waals surface area contributed by atoms with Crippen molar-refractivity contribution in [2.24, 2.45) is 0 Å². The second kappa shape index (κ2) is 12.0. The first kappa shape index (κ1) is 30.6. The van der Waals surface area contributed by atoms with E-state index < -0.39 is 41.0 Å². The van der Waals surface area contributed by atoms with Crippen LogP contribution in [0.4, 0.5) is 0 Å². The standard InChI is InChI=1S/C35H26O10/c1-19(36)28-16-22(6-15-27(28)31(38)39)33(41)44-26-13-9-24(10-14-26)35(2,3)23-7-11-25(12-8-23)43-32(40)21-5-4-20-18-30(37)45-34(42)29(20)17-21/h4-17H,18H2,1-3H3,(H,38,39). The van der Waals surface area contributed by atoms with E-state index in [-0.39, 0.29) is 40.0 Å². The molecule has 0 saturated heterocycles. The number of rotatable bonds is 8. The van der Waals surface area contributed by atoms with Crippen LogP contribution in [0.15, 0.2) is 84.9 Å². The van der Waals surface area contributed by atoms with Gasteiger partial charge in [0.05, 0.1) is 28.7 Å². The number of aromatic carboxylic acids is 1. The molecule has 0 radical (unpaired) electrons. The van der Waals surface area contributed by atoms with E-state index in [0.717, 1.165) is 11.1 Å². The molecular formula is C35H26O10. The largest absolute Gasteiger partial charge is 0.478 e. The lowest BCUT2D eigenvalue weighted by atomic mass is 9.78. The Labute approximate surface area is 257 Å². The summed E-state index contributed by atoms with van der Waals surface area (Å²) in [5.41, 5.74) is 1.85. The van der Waals surface area contributed by atoms with Crippen LogP contribution in [0.5, 0.6) is 11.5 Å². The highest BCUT2D eigenvalue weighted by Gasteiger charge is 2.27. The molecule has 10 heteroatoms. The molecule has 0 aromatic heterocycles. The molecule has 45 heavy (non-hydrogen) atoms. The highest BCUT2D eigenvalue weighted by Crippen LogP contribution is 2.34. The predicted octanol–water partition coefficient (Wildman–Crippen LogP) is 5.59. The quantitative estimate of drug-likeness (QED) is 0.116. The number of Topliss-reactive ketones (excluding diaryl/α,β-unsaturated/α-hetero) is 1. The summed E-state index contributed by atoms with van der Waals surface area (Å²) >= 11 is 0. The zero-order chi connectivity index (χ0) is 32.5. The van der Waals surface area contributed by atoms with E-state index in [1.54, 1.807) is 36.4 Å². The monoisotopic (exact) mass is 606 g/mol. The lowest BCUT2D eigenvalue weighted by molar-refractivity contribution is -0.137. The van der Waals surface area contributed by atoms with Gasteiger partial charge in [-0.15, -0.1) is 0 Å². The van der Waals surface area contributed by atoms with Crippen molar-refractivity contribution in [3.8, 4) is 11.5 Å². The second-order valence-corrected chi connectivity index (χ2v) is 10.9. The Morgan fingerprint density at radius 1 is 0.711 bits per heavy atom. The number of hydrogen-bond donors (Lipinski definition) is 1. The third-order valence-electron chi connectivity index (χ3n) is 7.54. The van der Waals surface area contributed by atoms with Crippen LogP contribution < -0.4 is 9.47 Å². The molecule has 0 atom stereocenters. The van der Waals surface area contributed by atoms with E-state index in [1.807, 2.05) is 26.0 Å². The van der Waals surface area contributed by atoms with E-state index in [0.29, 0.717) is 11.3 Å². The van der Waals surface area contributed by atoms with Gasteiger partial charge < -0.3 is 19.3 Å². The maximum absolute atomic E-state index is 12.7. The summed E-state index contributed by atoms with van der Waals surface area (Å²) in [6.07, 6.45) is -0.0466. The molecule has 1 aliphatic rings. The van der Waals surface area contributed by atoms with Crippen LogP contribution in [0, 0.1) is 0 Å². The van der Waals surface area contributed by atoms with Gasteiger partial charge in [-0.2, -0.15) is 0 Å². The van der Waals surface area contributed by atoms with Gasteiger partial charge in [0.25, 0.3) is 0 Å². The highest BCUT2D eigenvalue weighted by molar-refractivity contribution is 6.07. The van der Waals surface area contributed by atoms with E-state index in [4.69, 9.17) is 9.47 Å². The van der Waals surface area contributed by atoms with E-state index in [9.17, 15) is 33.9 Å². The number of carboxylic acid groups (broad SMARTS) is 1. The lowest BCUT2D eigenvalue weighted by Gasteiger charge is -2.26. The number of fused-ring (bicyclic) bond motifs is 1. The first-order chi connectivity index (χ1) is 21.3. The number of carbonyl (C=O) groups is 6. The Hall–Kier alpha value is -5.90. The number of hydrogen-bond acceptors (Lipinski definition) is 9. The smallest absolute Gasteiger partial charge is 0.346 e. The Bertz CT molecular complexity index is 1880. The van der Waals surface area contributed by atoms with Crippen LogP contribution in [-0.4, -0.2) is 40.7 Å². The van der Waals surface area contributed by atoms with E-state index in [1.165, 1.54) is 43.3 Å². The minimum Gasteiger partial charge on any atom is -0.478 e. The average Bonchev–Trinajstić information content (AvgIpc) is 3.01. The Morgan fingerprint density at radius 2 is 1.22 bits per heavy atom. The molecule has 10 nitrogen and oxygen atoms in total. The van der Waals surface area contributed by atoms with Crippen LogP contribution in [0.2, 0.25) is 0 Å². The van der Waals surface area contributed by atoms with Crippen molar-refractivity contribution in [1.82, 2.24) is 0 Å². The molecule has 4 aromatic carbocycles. The molecule has 0 spiro atoms. The van der Waals surface area contributed by atoms with Gasteiger partial charge in [-0.25, -0.2) is 19.2 Å². The van der Waals surface area contributed by atoms with Gasteiger partial charge in [0, 0.05) is 11.0 Å².